The Bertz CT molecular complexity index is 1220. The van der Waals surface area contributed by atoms with E-state index in [2.05, 4.69) is 10.4 Å². The number of aryl methyl sites for hydroxylation is 2. The van der Waals surface area contributed by atoms with Crippen LogP contribution in [0, 0.1) is 6.92 Å². The zero-order valence-electron chi connectivity index (χ0n) is 15.3. The standard InChI is InChI=1S/C20H19ClN4O3/c1-13-23-24(20(27)17-11-18-16(25(13)17)8-10-28-18)9-4-7-19(26)22-12-14-5-2-3-6-15(14)21/h2-3,5-6,8,10-11H,4,7,9,12H2,1H3,(H,22,26). The third-order valence-electron chi connectivity index (χ3n) is 4.67. The quantitative estimate of drug-likeness (QED) is 0.540. The molecule has 8 heteroatoms. The molecule has 4 rings (SSSR count). The molecule has 0 unspecified atom stereocenters. The lowest BCUT2D eigenvalue weighted by Gasteiger charge is -2.09. The van der Waals surface area contributed by atoms with Crippen molar-refractivity contribution in [2.45, 2.75) is 32.9 Å². The molecule has 0 aliphatic carbocycles. The average Bonchev–Trinajstić information content (AvgIpc) is 3.26. The van der Waals surface area contributed by atoms with Crippen LogP contribution in [0.15, 0.2) is 51.9 Å². The van der Waals surface area contributed by atoms with Crippen LogP contribution in [-0.4, -0.2) is 20.1 Å². The molecule has 0 aliphatic rings. The summed E-state index contributed by atoms with van der Waals surface area (Å²) in [5.41, 5.74) is 2.66. The van der Waals surface area contributed by atoms with Crippen molar-refractivity contribution in [3.8, 4) is 0 Å². The number of nitrogens with zero attached hydrogens (tertiary/aromatic N) is 3. The molecule has 1 amide bonds. The molecule has 1 aromatic carbocycles. The number of hydrogen-bond acceptors (Lipinski definition) is 4. The summed E-state index contributed by atoms with van der Waals surface area (Å²) in [5.74, 6) is 0.597. The minimum absolute atomic E-state index is 0.0917. The van der Waals surface area contributed by atoms with Gasteiger partial charge in [-0.15, -0.1) is 0 Å². The highest BCUT2D eigenvalue weighted by Crippen LogP contribution is 2.20. The fourth-order valence-electron chi connectivity index (χ4n) is 3.29. The number of rotatable bonds is 6. The van der Waals surface area contributed by atoms with Gasteiger partial charge in [-0.2, -0.15) is 5.10 Å². The van der Waals surface area contributed by atoms with Gasteiger partial charge >= 0.3 is 0 Å². The van der Waals surface area contributed by atoms with Crippen LogP contribution >= 0.6 is 11.6 Å². The summed E-state index contributed by atoms with van der Waals surface area (Å²) in [6.07, 6.45) is 2.39. The highest BCUT2D eigenvalue weighted by atomic mass is 35.5. The lowest BCUT2D eigenvalue weighted by molar-refractivity contribution is -0.121. The van der Waals surface area contributed by atoms with Crippen molar-refractivity contribution in [2.24, 2.45) is 0 Å². The Kier molecular flexibility index (Phi) is 4.92. The number of furan rings is 1. The second-order valence-electron chi connectivity index (χ2n) is 6.58. The number of nitrogens with one attached hydrogen (secondary N) is 1. The summed E-state index contributed by atoms with van der Waals surface area (Å²) in [6, 6.07) is 10.9. The Morgan fingerprint density at radius 3 is 2.89 bits per heavy atom. The predicted octanol–water partition coefficient (Wildman–Crippen LogP) is 3.30. The smallest absolute Gasteiger partial charge is 0.291 e. The van der Waals surface area contributed by atoms with Crippen molar-refractivity contribution in [3.05, 3.63) is 69.4 Å². The number of aromatic nitrogens is 3. The van der Waals surface area contributed by atoms with E-state index < -0.39 is 0 Å². The Morgan fingerprint density at radius 1 is 1.25 bits per heavy atom. The van der Waals surface area contributed by atoms with Gasteiger partial charge < -0.3 is 9.73 Å². The lowest BCUT2D eigenvalue weighted by Crippen LogP contribution is -2.27. The topological polar surface area (TPSA) is 81.5 Å². The number of fused-ring (bicyclic) bond motifs is 3. The molecular formula is C20H19ClN4O3. The zero-order valence-corrected chi connectivity index (χ0v) is 16.1. The van der Waals surface area contributed by atoms with Gasteiger partial charge in [0.1, 0.15) is 11.3 Å². The summed E-state index contributed by atoms with van der Waals surface area (Å²) < 4.78 is 8.57. The number of halogens is 1. The Balaban J connectivity index is 1.40. The minimum atomic E-state index is -0.200. The average molecular weight is 399 g/mol. The van der Waals surface area contributed by atoms with Crippen molar-refractivity contribution in [1.82, 2.24) is 19.5 Å². The van der Waals surface area contributed by atoms with E-state index in [1.807, 2.05) is 31.2 Å². The summed E-state index contributed by atoms with van der Waals surface area (Å²) >= 11 is 6.09. The van der Waals surface area contributed by atoms with Gasteiger partial charge in [-0.05, 0) is 25.0 Å². The first-order valence-electron chi connectivity index (χ1n) is 9.01. The molecule has 3 heterocycles. The number of benzene rings is 1. The van der Waals surface area contributed by atoms with Crippen molar-refractivity contribution in [3.63, 3.8) is 0 Å². The molecular weight excluding hydrogens is 380 g/mol. The van der Waals surface area contributed by atoms with E-state index in [1.54, 1.807) is 22.8 Å². The molecule has 0 saturated heterocycles. The van der Waals surface area contributed by atoms with Gasteiger partial charge in [-0.25, -0.2) is 4.68 Å². The lowest BCUT2D eigenvalue weighted by atomic mass is 10.2. The van der Waals surface area contributed by atoms with Crippen LogP contribution in [0.2, 0.25) is 5.02 Å². The molecule has 0 saturated carbocycles. The molecule has 1 N–H and O–H groups in total. The van der Waals surface area contributed by atoms with Crippen molar-refractivity contribution < 1.29 is 9.21 Å². The fraction of sp³-hybridized carbons (Fsp3) is 0.250. The van der Waals surface area contributed by atoms with Gasteiger partial charge in [-0.3, -0.25) is 14.0 Å². The predicted molar refractivity (Wildman–Crippen MR) is 106 cm³/mol. The maximum atomic E-state index is 12.7. The van der Waals surface area contributed by atoms with Crippen LogP contribution in [-0.2, 0) is 17.9 Å². The van der Waals surface area contributed by atoms with E-state index in [1.165, 1.54) is 4.68 Å². The third-order valence-corrected chi connectivity index (χ3v) is 5.04. The van der Waals surface area contributed by atoms with Crippen molar-refractivity contribution >= 4 is 34.1 Å². The van der Waals surface area contributed by atoms with E-state index in [0.29, 0.717) is 47.9 Å². The summed E-state index contributed by atoms with van der Waals surface area (Å²) in [5, 5.41) is 7.85. The largest absolute Gasteiger partial charge is 0.463 e. The molecule has 0 radical (unpaired) electrons. The van der Waals surface area contributed by atoms with Crippen LogP contribution in [0.5, 0.6) is 0 Å². The summed E-state index contributed by atoms with van der Waals surface area (Å²) in [7, 11) is 0. The highest BCUT2D eigenvalue weighted by molar-refractivity contribution is 6.31. The summed E-state index contributed by atoms with van der Waals surface area (Å²) in [6.45, 7) is 2.58. The van der Waals surface area contributed by atoms with E-state index >= 15 is 0 Å². The first kappa shape index (κ1) is 18.3. The Hall–Kier alpha value is -3.06. The molecule has 0 aliphatic heterocycles. The van der Waals surface area contributed by atoms with Gasteiger partial charge in [0.25, 0.3) is 5.56 Å². The van der Waals surface area contributed by atoms with E-state index in [-0.39, 0.29) is 11.5 Å². The van der Waals surface area contributed by atoms with Gasteiger partial charge in [0, 0.05) is 36.7 Å². The first-order valence-corrected chi connectivity index (χ1v) is 9.39. The minimum Gasteiger partial charge on any atom is -0.463 e. The molecule has 7 nitrogen and oxygen atoms in total. The molecule has 0 spiro atoms. The van der Waals surface area contributed by atoms with Crippen LogP contribution in [0.4, 0.5) is 0 Å². The van der Waals surface area contributed by atoms with Crippen LogP contribution < -0.4 is 10.9 Å². The number of amides is 1. The Labute approximate surface area is 165 Å². The van der Waals surface area contributed by atoms with Gasteiger partial charge in [0.15, 0.2) is 5.58 Å². The fourth-order valence-corrected chi connectivity index (χ4v) is 3.50. The Morgan fingerprint density at radius 2 is 2.07 bits per heavy atom. The highest BCUT2D eigenvalue weighted by Gasteiger charge is 2.14. The number of carbonyl (C=O) groups is 1. The second kappa shape index (κ2) is 7.52. The van der Waals surface area contributed by atoms with Crippen molar-refractivity contribution in [2.75, 3.05) is 0 Å². The summed E-state index contributed by atoms with van der Waals surface area (Å²) in [4.78, 5) is 24.8. The number of carbonyl (C=O) groups excluding carboxylic acids is 1. The maximum Gasteiger partial charge on any atom is 0.291 e. The van der Waals surface area contributed by atoms with E-state index in [4.69, 9.17) is 16.0 Å². The maximum absolute atomic E-state index is 12.7. The van der Waals surface area contributed by atoms with Gasteiger partial charge in [0.05, 0.1) is 11.8 Å². The van der Waals surface area contributed by atoms with Gasteiger partial charge in [-0.1, -0.05) is 29.8 Å². The molecule has 3 aromatic heterocycles. The SMILES string of the molecule is Cc1nn(CCCC(=O)NCc2ccccc2Cl)c(=O)c2cc3occc3n12. The molecule has 0 atom stereocenters. The monoisotopic (exact) mass is 398 g/mol. The molecule has 144 valence electrons. The first-order chi connectivity index (χ1) is 13.5. The van der Waals surface area contributed by atoms with E-state index in [0.717, 1.165) is 11.1 Å². The molecule has 0 fully saturated rings. The molecule has 0 bridgehead atoms. The van der Waals surface area contributed by atoms with Crippen LogP contribution in [0.1, 0.15) is 24.2 Å². The molecule has 4 aromatic rings. The van der Waals surface area contributed by atoms with Crippen LogP contribution in [0.25, 0.3) is 16.6 Å². The third kappa shape index (κ3) is 3.41. The van der Waals surface area contributed by atoms with Gasteiger partial charge in [0.2, 0.25) is 5.91 Å². The van der Waals surface area contributed by atoms with Crippen molar-refractivity contribution in [1.29, 1.82) is 0 Å². The van der Waals surface area contributed by atoms with Crippen LogP contribution in [0.3, 0.4) is 0 Å². The second-order valence-corrected chi connectivity index (χ2v) is 6.99. The molecule has 28 heavy (non-hydrogen) atoms. The van der Waals surface area contributed by atoms with E-state index in [9.17, 15) is 9.59 Å². The number of hydrogen-bond donors (Lipinski definition) is 1. The zero-order chi connectivity index (χ0) is 19.7. The normalized spacial score (nSPS) is 11.4.